The number of carbonyl (C=O) groups excluding carboxylic acids is 1. The number of rotatable bonds is 2. The van der Waals surface area contributed by atoms with Crippen LogP contribution in [0, 0.1) is 5.41 Å². The molecule has 1 atom stereocenters. The lowest BCUT2D eigenvalue weighted by Crippen LogP contribution is -2.25. The summed E-state index contributed by atoms with van der Waals surface area (Å²) in [5, 5.41) is 2.78. The van der Waals surface area contributed by atoms with Crippen LogP contribution >= 0.6 is 0 Å². The highest BCUT2D eigenvalue weighted by Gasteiger charge is 2.33. The lowest BCUT2D eigenvalue weighted by molar-refractivity contribution is -0.119. The second-order valence-electron chi connectivity index (χ2n) is 3.20. The lowest BCUT2D eigenvalue weighted by atomic mass is 9.91. The van der Waals surface area contributed by atoms with Crippen molar-refractivity contribution < 1.29 is 9.53 Å². The quantitative estimate of drug-likeness (QED) is 0.598. The maximum atomic E-state index is 10.8. The fourth-order valence-corrected chi connectivity index (χ4v) is 1.28. The predicted octanol–water partition coefficient (Wildman–Crippen LogP) is 0.159. The summed E-state index contributed by atoms with van der Waals surface area (Å²) in [6, 6.07) is 0. The van der Waals surface area contributed by atoms with Gasteiger partial charge in [0.15, 0.2) is 0 Å². The van der Waals surface area contributed by atoms with E-state index in [4.69, 9.17) is 4.74 Å². The second kappa shape index (κ2) is 2.58. The number of carbonyl (C=O) groups is 1. The molecule has 0 aromatic carbocycles. The van der Waals surface area contributed by atoms with Gasteiger partial charge in [0.25, 0.3) is 0 Å². The van der Waals surface area contributed by atoms with Crippen molar-refractivity contribution in [2.75, 3.05) is 20.3 Å². The molecule has 1 amide bonds. The number of nitrogens with one attached hydrogen (secondary N) is 1. The Bertz CT molecular complexity index is 147. The molecule has 0 bridgehead atoms. The number of methoxy groups -OCH3 is 1. The van der Waals surface area contributed by atoms with E-state index in [-0.39, 0.29) is 11.3 Å². The zero-order valence-electron chi connectivity index (χ0n) is 6.44. The molecule has 1 aliphatic heterocycles. The van der Waals surface area contributed by atoms with Gasteiger partial charge in [-0.05, 0) is 0 Å². The Labute approximate surface area is 60.7 Å². The van der Waals surface area contributed by atoms with Gasteiger partial charge in [-0.15, -0.1) is 0 Å². The van der Waals surface area contributed by atoms with Gasteiger partial charge < -0.3 is 10.1 Å². The van der Waals surface area contributed by atoms with Crippen LogP contribution in [0.3, 0.4) is 0 Å². The van der Waals surface area contributed by atoms with Crippen molar-refractivity contribution in [1.82, 2.24) is 5.32 Å². The summed E-state index contributed by atoms with van der Waals surface area (Å²) in [5.41, 5.74) is 0.0336. The van der Waals surface area contributed by atoms with Crippen LogP contribution in [0.5, 0.6) is 0 Å². The third kappa shape index (κ3) is 1.48. The maximum Gasteiger partial charge on any atom is 0.220 e. The van der Waals surface area contributed by atoms with E-state index < -0.39 is 0 Å². The molecule has 0 aromatic rings. The fraction of sp³-hybridized carbons (Fsp3) is 0.857. The predicted molar refractivity (Wildman–Crippen MR) is 37.6 cm³/mol. The number of hydrogen-bond acceptors (Lipinski definition) is 2. The molecular formula is C7H13NO2. The highest BCUT2D eigenvalue weighted by Crippen LogP contribution is 2.24. The smallest absolute Gasteiger partial charge is 0.220 e. The van der Waals surface area contributed by atoms with Crippen LogP contribution in [0.1, 0.15) is 13.3 Å². The van der Waals surface area contributed by atoms with Crippen LogP contribution in [-0.4, -0.2) is 26.2 Å². The Hall–Kier alpha value is -0.570. The molecule has 0 aliphatic carbocycles. The van der Waals surface area contributed by atoms with Crippen molar-refractivity contribution in [3.05, 3.63) is 0 Å². The molecule has 1 heterocycles. The molecule has 3 nitrogen and oxygen atoms in total. The average molecular weight is 143 g/mol. The molecule has 10 heavy (non-hydrogen) atoms. The molecule has 1 saturated heterocycles. The maximum absolute atomic E-state index is 10.8. The molecule has 3 heteroatoms. The minimum Gasteiger partial charge on any atom is -0.384 e. The molecule has 1 N–H and O–H groups in total. The molecule has 1 fully saturated rings. The first-order valence-corrected chi connectivity index (χ1v) is 3.42. The van der Waals surface area contributed by atoms with Crippen molar-refractivity contribution in [3.63, 3.8) is 0 Å². The third-order valence-corrected chi connectivity index (χ3v) is 1.79. The van der Waals surface area contributed by atoms with Crippen LogP contribution in [0.15, 0.2) is 0 Å². The van der Waals surface area contributed by atoms with Gasteiger partial charge in [-0.2, -0.15) is 0 Å². The van der Waals surface area contributed by atoms with E-state index in [1.54, 1.807) is 7.11 Å². The molecule has 0 radical (unpaired) electrons. The Morgan fingerprint density at radius 1 is 1.80 bits per heavy atom. The highest BCUT2D eigenvalue weighted by molar-refractivity contribution is 5.79. The van der Waals surface area contributed by atoms with Gasteiger partial charge in [0.05, 0.1) is 6.61 Å². The number of hydrogen-bond donors (Lipinski definition) is 1. The molecule has 1 aliphatic rings. The van der Waals surface area contributed by atoms with Gasteiger partial charge in [0.2, 0.25) is 5.91 Å². The minimum atomic E-state index is 0.0336. The normalized spacial score (nSPS) is 32.4. The van der Waals surface area contributed by atoms with Gasteiger partial charge >= 0.3 is 0 Å². The third-order valence-electron chi connectivity index (χ3n) is 1.79. The van der Waals surface area contributed by atoms with Crippen molar-refractivity contribution in [2.24, 2.45) is 5.41 Å². The topological polar surface area (TPSA) is 38.3 Å². The van der Waals surface area contributed by atoms with Gasteiger partial charge in [0.1, 0.15) is 0 Å². The zero-order chi connectivity index (χ0) is 7.61. The van der Waals surface area contributed by atoms with Crippen LogP contribution in [-0.2, 0) is 9.53 Å². The number of amides is 1. The van der Waals surface area contributed by atoms with E-state index in [0.29, 0.717) is 13.0 Å². The van der Waals surface area contributed by atoms with E-state index in [9.17, 15) is 4.79 Å². The van der Waals surface area contributed by atoms with Gasteiger partial charge in [0, 0.05) is 25.5 Å². The molecule has 0 unspecified atom stereocenters. The fourth-order valence-electron chi connectivity index (χ4n) is 1.28. The van der Waals surface area contributed by atoms with Gasteiger partial charge in [-0.25, -0.2) is 0 Å². The van der Waals surface area contributed by atoms with E-state index in [2.05, 4.69) is 12.2 Å². The molecule has 1 rings (SSSR count). The van der Waals surface area contributed by atoms with E-state index in [0.717, 1.165) is 6.54 Å². The first kappa shape index (κ1) is 7.54. The Kier molecular flexibility index (Phi) is 1.94. The summed E-state index contributed by atoms with van der Waals surface area (Å²) < 4.78 is 4.98. The summed E-state index contributed by atoms with van der Waals surface area (Å²) >= 11 is 0. The van der Waals surface area contributed by atoms with E-state index in [1.165, 1.54) is 0 Å². The van der Waals surface area contributed by atoms with Crippen LogP contribution < -0.4 is 5.32 Å². The first-order chi connectivity index (χ1) is 4.66. The Morgan fingerprint density at radius 2 is 2.50 bits per heavy atom. The first-order valence-electron chi connectivity index (χ1n) is 3.42. The summed E-state index contributed by atoms with van der Waals surface area (Å²) in [6.45, 7) is 3.46. The Morgan fingerprint density at radius 3 is 2.90 bits per heavy atom. The monoisotopic (exact) mass is 143 g/mol. The zero-order valence-corrected chi connectivity index (χ0v) is 6.44. The van der Waals surface area contributed by atoms with Crippen molar-refractivity contribution in [1.29, 1.82) is 0 Å². The Balaban J connectivity index is 2.46. The van der Waals surface area contributed by atoms with Gasteiger partial charge in [-0.3, -0.25) is 4.79 Å². The van der Waals surface area contributed by atoms with Crippen molar-refractivity contribution in [3.8, 4) is 0 Å². The van der Waals surface area contributed by atoms with Crippen LogP contribution in [0.2, 0.25) is 0 Å². The highest BCUT2D eigenvalue weighted by atomic mass is 16.5. The SMILES string of the molecule is COC[C@]1(C)CNC(=O)C1. The molecular weight excluding hydrogens is 130 g/mol. The number of ether oxygens (including phenoxy) is 1. The summed E-state index contributed by atoms with van der Waals surface area (Å²) in [7, 11) is 1.66. The van der Waals surface area contributed by atoms with E-state index >= 15 is 0 Å². The van der Waals surface area contributed by atoms with Crippen molar-refractivity contribution in [2.45, 2.75) is 13.3 Å². The lowest BCUT2D eigenvalue weighted by Gasteiger charge is -2.18. The molecule has 58 valence electrons. The van der Waals surface area contributed by atoms with Crippen molar-refractivity contribution >= 4 is 5.91 Å². The van der Waals surface area contributed by atoms with Crippen LogP contribution in [0.4, 0.5) is 0 Å². The van der Waals surface area contributed by atoms with Crippen LogP contribution in [0.25, 0.3) is 0 Å². The van der Waals surface area contributed by atoms with E-state index in [1.807, 2.05) is 0 Å². The standard InChI is InChI=1S/C7H13NO2/c1-7(5-10-2)3-6(9)8-4-7/h3-5H2,1-2H3,(H,8,9)/t7-/m0/s1. The summed E-state index contributed by atoms with van der Waals surface area (Å²) in [5.74, 6) is 0.138. The van der Waals surface area contributed by atoms with Gasteiger partial charge in [-0.1, -0.05) is 6.92 Å². The minimum absolute atomic E-state index is 0.0336. The largest absolute Gasteiger partial charge is 0.384 e. The summed E-state index contributed by atoms with van der Waals surface area (Å²) in [6.07, 6.45) is 0.598. The average Bonchev–Trinajstić information content (AvgIpc) is 2.12. The molecule has 0 aromatic heterocycles. The molecule has 0 saturated carbocycles. The second-order valence-corrected chi connectivity index (χ2v) is 3.20. The molecule has 0 spiro atoms. The summed E-state index contributed by atoms with van der Waals surface area (Å²) in [4.78, 5) is 10.8.